The third-order valence-corrected chi connectivity index (χ3v) is 4.24. The summed E-state index contributed by atoms with van der Waals surface area (Å²) in [4.78, 5) is 0. The minimum absolute atomic E-state index is 0.495. The van der Waals surface area contributed by atoms with E-state index in [2.05, 4.69) is 35.9 Å². The molecule has 0 saturated carbocycles. The van der Waals surface area contributed by atoms with Crippen molar-refractivity contribution in [2.45, 2.75) is 20.1 Å². The summed E-state index contributed by atoms with van der Waals surface area (Å²) in [6.45, 7) is 3.79. The van der Waals surface area contributed by atoms with Crippen molar-refractivity contribution in [1.29, 1.82) is 0 Å². The summed E-state index contributed by atoms with van der Waals surface area (Å²) >= 11 is 5.91. The van der Waals surface area contributed by atoms with E-state index >= 15 is 0 Å². The fourth-order valence-electron chi connectivity index (χ4n) is 2.76. The molecule has 0 unspecified atom stereocenters. The number of ether oxygens (including phenoxy) is 2. The van der Waals surface area contributed by atoms with E-state index in [0.29, 0.717) is 24.8 Å². The van der Waals surface area contributed by atoms with Gasteiger partial charge in [0.15, 0.2) is 0 Å². The number of hydrogen-bond acceptors (Lipinski definition) is 2. The van der Waals surface area contributed by atoms with Crippen LogP contribution < -0.4 is 4.74 Å². The Balaban J connectivity index is 1.91. The van der Waals surface area contributed by atoms with Gasteiger partial charge in [-0.05, 0) is 37.3 Å². The smallest absolute Gasteiger partial charge is 0.129 e. The number of rotatable bonds is 6. The van der Waals surface area contributed by atoms with Crippen LogP contribution in [-0.2, 0) is 25.0 Å². The van der Waals surface area contributed by atoms with Crippen LogP contribution in [0.3, 0.4) is 0 Å². The first-order valence-corrected chi connectivity index (χ1v) is 8.09. The number of fused-ring (bicyclic) bond motifs is 1. The average Bonchev–Trinajstić information content (AvgIpc) is 2.85. The fraction of sp³-hybridized carbons (Fsp3) is 0.263. The number of aromatic nitrogens is 1. The van der Waals surface area contributed by atoms with Crippen molar-refractivity contribution in [2.24, 2.45) is 7.05 Å². The lowest BCUT2D eigenvalue weighted by Crippen LogP contribution is -2.05. The minimum atomic E-state index is 0.495. The van der Waals surface area contributed by atoms with Crippen molar-refractivity contribution in [1.82, 2.24) is 4.57 Å². The molecule has 0 fully saturated rings. The van der Waals surface area contributed by atoms with Crippen LogP contribution in [0.1, 0.15) is 18.2 Å². The quantitative estimate of drug-likeness (QED) is 0.639. The number of halogens is 1. The first kappa shape index (κ1) is 15.9. The highest BCUT2D eigenvalue weighted by molar-refractivity contribution is 6.30. The maximum Gasteiger partial charge on any atom is 0.129 e. The predicted octanol–water partition coefficient (Wildman–Crippen LogP) is 4.95. The molecule has 1 aromatic heterocycles. The van der Waals surface area contributed by atoms with Crippen molar-refractivity contribution < 1.29 is 9.47 Å². The maximum absolute atomic E-state index is 5.94. The lowest BCUT2D eigenvalue weighted by atomic mass is 10.1. The van der Waals surface area contributed by atoms with Crippen molar-refractivity contribution >= 4 is 22.5 Å². The first-order chi connectivity index (χ1) is 11.2. The van der Waals surface area contributed by atoms with Gasteiger partial charge in [-0.2, -0.15) is 0 Å². The third kappa shape index (κ3) is 3.36. The summed E-state index contributed by atoms with van der Waals surface area (Å²) in [7, 11) is 2.07. The zero-order chi connectivity index (χ0) is 16.2. The Morgan fingerprint density at radius 2 is 1.74 bits per heavy atom. The van der Waals surface area contributed by atoms with Gasteiger partial charge in [0.25, 0.3) is 0 Å². The summed E-state index contributed by atoms with van der Waals surface area (Å²) in [6, 6.07) is 15.8. The van der Waals surface area contributed by atoms with Gasteiger partial charge < -0.3 is 14.0 Å². The number of para-hydroxylation sites is 1. The molecule has 0 amide bonds. The molecule has 0 saturated heterocycles. The van der Waals surface area contributed by atoms with E-state index in [-0.39, 0.29) is 0 Å². The molecule has 120 valence electrons. The van der Waals surface area contributed by atoms with Gasteiger partial charge in [0.2, 0.25) is 0 Å². The molecule has 0 radical (unpaired) electrons. The molecule has 23 heavy (non-hydrogen) atoms. The second-order valence-corrected chi connectivity index (χ2v) is 5.82. The molecule has 3 aromatic rings. The third-order valence-electron chi connectivity index (χ3n) is 3.98. The van der Waals surface area contributed by atoms with E-state index in [1.165, 1.54) is 16.5 Å². The van der Waals surface area contributed by atoms with Crippen molar-refractivity contribution in [3.8, 4) is 5.75 Å². The van der Waals surface area contributed by atoms with E-state index in [4.69, 9.17) is 21.1 Å². The molecular weight excluding hydrogens is 310 g/mol. The molecule has 0 N–H and O–H groups in total. The van der Waals surface area contributed by atoms with E-state index in [9.17, 15) is 0 Å². The normalized spacial score (nSPS) is 11.1. The highest BCUT2D eigenvalue weighted by Crippen LogP contribution is 2.27. The first-order valence-electron chi connectivity index (χ1n) is 7.72. The van der Waals surface area contributed by atoms with Crippen LogP contribution in [0.15, 0.2) is 48.5 Å². The molecule has 0 bridgehead atoms. The highest BCUT2D eigenvalue weighted by Gasteiger charge is 2.15. The zero-order valence-corrected chi connectivity index (χ0v) is 14.1. The van der Waals surface area contributed by atoms with Gasteiger partial charge in [-0.15, -0.1) is 0 Å². The Labute approximate surface area is 141 Å². The SMILES string of the molecule is CCOCc1c(COc2ccc(Cl)cc2)n(C)c2ccccc12. The zero-order valence-electron chi connectivity index (χ0n) is 13.4. The molecule has 0 spiro atoms. The summed E-state index contributed by atoms with van der Waals surface area (Å²) in [5.74, 6) is 0.807. The van der Waals surface area contributed by atoms with Crippen LogP contribution in [0.5, 0.6) is 5.75 Å². The predicted molar refractivity (Wildman–Crippen MR) is 94.0 cm³/mol. The van der Waals surface area contributed by atoms with Crippen LogP contribution in [0.4, 0.5) is 0 Å². The second-order valence-electron chi connectivity index (χ2n) is 5.38. The number of nitrogens with zero attached hydrogens (tertiary/aromatic N) is 1. The summed E-state index contributed by atoms with van der Waals surface area (Å²) in [5, 5.41) is 1.93. The van der Waals surface area contributed by atoms with Crippen molar-refractivity contribution in [2.75, 3.05) is 6.61 Å². The lowest BCUT2D eigenvalue weighted by Gasteiger charge is -2.10. The van der Waals surface area contributed by atoms with E-state index in [1.54, 1.807) is 0 Å². The van der Waals surface area contributed by atoms with Crippen LogP contribution in [0.25, 0.3) is 10.9 Å². The maximum atomic E-state index is 5.94. The summed E-state index contributed by atoms with van der Waals surface area (Å²) < 4.78 is 13.8. The van der Waals surface area contributed by atoms with Gasteiger partial charge in [-0.25, -0.2) is 0 Å². The van der Waals surface area contributed by atoms with Gasteiger partial charge in [-0.3, -0.25) is 0 Å². The van der Waals surface area contributed by atoms with E-state index < -0.39 is 0 Å². The van der Waals surface area contributed by atoms with Crippen molar-refractivity contribution in [3.63, 3.8) is 0 Å². The molecular formula is C19H20ClNO2. The van der Waals surface area contributed by atoms with Gasteiger partial charge in [-0.1, -0.05) is 29.8 Å². The molecule has 0 aliphatic rings. The largest absolute Gasteiger partial charge is 0.487 e. The molecule has 3 nitrogen and oxygen atoms in total. The molecule has 0 aliphatic heterocycles. The van der Waals surface area contributed by atoms with Crippen LogP contribution in [-0.4, -0.2) is 11.2 Å². The lowest BCUT2D eigenvalue weighted by molar-refractivity contribution is 0.133. The number of hydrogen-bond donors (Lipinski definition) is 0. The van der Waals surface area contributed by atoms with Gasteiger partial charge in [0.05, 0.1) is 12.3 Å². The number of benzene rings is 2. The van der Waals surface area contributed by atoms with Gasteiger partial charge in [0, 0.05) is 35.1 Å². The molecule has 4 heteroatoms. The van der Waals surface area contributed by atoms with Crippen LogP contribution in [0.2, 0.25) is 5.02 Å². The van der Waals surface area contributed by atoms with Crippen molar-refractivity contribution in [3.05, 3.63) is 64.8 Å². The van der Waals surface area contributed by atoms with E-state index in [1.807, 2.05) is 31.2 Å². The molecule has 2 aromatic carbocycles. The van der Waals surface area contributed by atoms with Crippen LogP contribution >= 0.6 is 11.6 Å². The fourth-order valence-corrected chi connectivity index (χ4v) is 2.88. The Kier molecular flexibility index (Phi) is 4.89. The Bertz CT molecular complexity index is 793. The van der Waals surface area contributed by atoms with E-state index in [0.717, 1.165) is 11.4 Å². The summed E-state index contributed by atoms with van der Waals surface area (Å²) in [5.41, 5.74) is 3.52. The second kappa shape index (κ2) is 7.07. The number of aryl methyl sites for hydroxylation is 1. The Morgan fingerprint density at radius 3 is 2.48 bits per heavy atom. The van der Waals surface area contributed by atoms with Crippen LogP contribution in [0, 0.1) is 0 Å². The monoisotopic (exact) mass is 329 g/mol. The molecule has 0 atom stereocenters. The summed E-state index contributed by atoms with van der Waals surface area (Å²) in [6.07, 6.45) is 0. The Morgan fingerprint density at radius 1 is 1.00 bits per heavy atom. The molecule has 3 rings (SSSR count). The van der Waals surface area contributed by atoms with Gasteiger partial charge in [0.1, 0.15) is 12.4 Å². The average molecular weight is 330 g/mol. The van der Waals surface area contributed by atoms with Gasteiger partial charge >= 0.3 is 0 Å². The minimum Gasteiger partial charge on any atom is -0.487 e. The standard InChI is InChI=1S/C19H20ClNO2/c1-3-22-12-17-16-6-4-5-7-18(16)21(2)19(17)13-23-15-10-8-14(20)9-11-15/h4-11H,3,12-13H2,1-2H3. The molecule has 1 heterocycles. The highest BCUT2D eigenvalue weighted by atomic mass is 35.5. The molecule has 0 aliphatic carbocycles. The topological polar surface area (TPSA) is 23.4 Å². The Hall–Kier alpha value is -1.97.